The van der Waals surface area contributed by atoms with Gasteiger partial charge in [0.25, 0.3) is 0 Å². The summed E-state index contributed by atoms with van der Waals surface area (Å²) in [6.07, 6.45) is 4.07. The quantitative estimate of drug-likeness (QED) is 0.913. The molecule has 128 valence electrons. The number of rotatable bonds is 5. The van der Waals surface area contributed by atoms with Crippen molar-refractivity contribution in [3.8, 4) is 0 Å². The van der Waals surface area contributed by atoms with E-state index in [2.05, 4.69) is 49.4 Å². The van der Waals surface area contributed by atoms with Crippen molar-refractivity contribution < 1.29 is 4.79 Å². The molecular weight excluding hydrogens is 298 g/mol. The number of hydrogen-bond donors (Lipinski definition) is 1. The van der Waals surface area contributed by atoms with Crippen molar-refractivity contribution in [2.75, 3.05) is 0 Å². The van der Waals surface area contributed by atoms with E-state index in [1.54, 1.807) is 0 Å². The molecule has 1 N–H and O–H groups in total. The third kappa shape index (κ3) is 3.37. The van der Waals surface area contributed by atoms with Crippen LogP contribution in [0.1, 0.15) is 59.4 Å². The zero-order chi connectivity index (χ0) is 17.3. The van der Waals surface area contributed by atoms with Gasteiger partial charge in [0.15, 0.2) is 0 Å². The molecule has 1 atom stereocenters. The molecule has 24 heavy (non-hydrogen) atoms. The Kier molecular flexibility index (Phi) is 4.74. The Labute approximate surface area is 144 Å². The summed E-state index contributed by atoms with van der Waals surface area (Å²) >= 11 is 0. The van der Waals surface area contributed by atoms with E-state index < -0.39 is 0 Å². The van der Waals surface area contributed by atoms with Gasteiger partial charge in [0, 0.05) is 18.7 Å². The van der Waals surface area contributed by atoms with Gasteiger partial charge in [-0.15, -0.1) is 0 Å². The summed E-state index contributed by atoms with van der Waals surface area (Å²) in [5, 5.41) is 7.61. The van der Waals surface area contributed by atoms with E-state index in [-0.39, 0.29) is 11.9 Å². The molecule has 1 aliphatic rings. The van der Waals surface area contributed by atoms with Crippen molar-refractivity contribution in [1.29, 1.82) is 0 Å². The lowest BCUT2D eigenvalue weighted by Crippen LogP contribution is -2.27. The predicted molar refractivity (Wildman–Crippen MR) is 96.1 cm³/mol. The van der Waals surface area contributed by atoms with Gasteiger partial charge in [-0.05, 0) is 69.2 Å². The van der Waals surface area contributed by atoms with Crippen LogP contribution in [0.25, 0.3) is 0 Å². The molecule has 3 rings (SSSR count). The van der Waals surface area contributed by atoms with Gasteiger partial charge in [0.2, 0.25) is 5.91 Å². The van der Waals surface area contributed by atoms with Crippen LogP contribution in [-0.2, 0) is 24.2 Å². The molecule has 0 saturated heterocycles. The van der Waals surface area contributed by atoms with Gasteiger partial charge >= 0.3 is 0 Å². The number of fused-ring (bicyclic) bond motifs is 1. The summed E-state index contributed by atoms with van der Waals surface area (Å²) in [6.45, 7) is 8.82. The predicted octanol–water partition coefficient (Wildman–Crippen LogP) is 3.56. The van der Waals surface area contributed by atoms with Gasteiger partial charge in [-0.3, -0.25) is 9.48 Å². The first-order valence-electron chi connectivity index (χ1n) is 8.87. The first-order chi connectivity index (χ1) is 11.5. The average molecular weight is 325 g/mol. The molecule has 1 heterocycles. The Hall–Kier alpha value is -2.10. The van der Waals surface area contributed by atoms with Crippen molar-refractivity contribution in [2.45, 2.75) is 66.0 Å². The lowest BCUT2D eigenvalue weighted by atomic mass is 10.0. The summed E-state index contributed by atoms with van der Waals surface area (Å²) in [5.41, 5.74) is 7.52. The van der Waals surface area contributed by atoms with Crippen LogP contribution in [0.4, 0.5) is 0 Å². The molecule has 0 bridgehead atoms. The SMILES string of the molecule is Cc1nn(CCC(=O)N[C@@H](C)c2ccc3c(c2)CCC3)c(C)c1C. The van der Waals surface area contributed by atoms with Crippen LogP contribution in [-0.4, -0.2) is 15.7 Å². The lowest BCUT2D eigenvalue weighted by molar-refractivity contribution is -0.122. The fraction of sp³-hybridized carbons (Fsp3) is 0.500. The van der Waals surface area contributed by atoms with Crippen molar-refractivity contribution >= 4 is 5.91 Å². The molecule has 0 aliphatic heterocycles. The van der Waals surface area contributed by atoms with E-state index in [1.807, 2.05) is 11.6 Å². The second-order valence-corrected chi connectivity index (χ2v) is 6.94. The monoisotopic (exact) mass is 325 g/mol. The fourth-order valence-corrected chi connectivity index (χ4v) is 3.47. The highest BCUT2D eigenvalue weighted by Gasteiger charge is 2.15. The number of nitrogens with zero attached hydrogens (tertiary/aromatic N) is 2. The summed E-state index contributed by atoms with van der Waals surface area (Å²) in [4.78, 5) is 12.3. The van der Waals surface area contributed by atoms with E-state index >= 15 is 0 Å². The van der Waals surface area contributed by atoms with Gasteiger partial charge in [-0.1, -0.05) is 18.2 Å². The molecule has 2 aromatic rings. The number of hydrogen-bond acceptors (Lipinski definition) is 2. The molecule has 1 aromatic carbocycles. The molecule has 1 amide bonds. The number of nitrogens with one attached hydrogen (secondary N) is 1. The van der Waals surface area contributed by atoms with E-state index in [0.717, 1.165) is 11.4 Å². The number of carbonyl (C=O) groups excluding carboxylic acids is 1. The number of carbonyl (C=O) groups is 1. The van der Waals surface area contributed by atoms with Crippen LogP contribution in [0.2, 0.25) is 0 Å². The Morgan fingerprint density at radius 1 is 1.25 bits per heavy atom. The zero-order valence-corrected chi connectivity index (χ0v) is 15.1. The number of aromatic nitrogens is 2. The minimum absolute atomic E-state index is 0.0468. The van der Waals surface area contributed by atoms with Gasteiger partial charge < -0.3 is 5.32 Å². The smallest absolute Gasteiger partial charge is 0.222 e. The molecular formula is C20H27N3O. The molecule has 1 aliphatic carbocycles. The minimum atomic E-state index is 0.0468. The third-order valence-electron chi connectivity index (χ3n) is 5.29. The van der Waals surface area contributed by atoms with E-state index in [4.69, 9.17) is 0 Å². The molecule has 1 aromatic heterocycles. The minimum Gasteiger partial charge on any atom is -0.350 e. The average Bonchev–Trinajstić information content (AvgIpc) is 3.12. The Balaban J connectivity index is 1.57. The summed E-state index contributed by atoms with van der Waals surface area (Å²) in [5.74, 6) is 0.0770. The van der Waals surface area contributed by atoms with Crippen LogP contribution in [0.15, 0.2) is 18.2 Å². The zero-order valence-electron chi connectivity index (χ0n) is 15.1. The van der Waals surface area contributed by atoms with Crippen molar-refractivity contribution in [2.24, 2.45) is 0 Å². The first-order valence-corrected chi connectivity index (χ1v) is 8.87. The number of benzene rings is 1. The van der Waals surface area contributed by atoms with Crippen LogP contribution < -0.4 is 5.32 Å². The van der Waals surface area contributed by atoms with E-state index in [0.29, 0.717) is 13.0 Å². The standard InChI is InChI=1S/C20H27N3O/c1-13-14(2)22-23(16(13)4)11-10-20(24)21-15(3)18-9-8-17-6-5-7-19(17)12-18/h8-9,12,15H,5-7,10-11H2,1-4H3,(H,21,24)/t15-/m0/s1. The Bertz CT molecular complexity index is 760. The highest BCUT2D eigenvalue weighted by Crippen LogP contribution is 2.25. The van der Waals surface area contributed by atoms with Crippen LogP contribution >= 0.6 is 0 Å². The normalized spacial score (nSPS) is 14.5. The highest BCUT2D eigenvalue weighted by atomic mass is 16.1. The molecule has 0 spiro atoms. The molecule has 0 unspecified atom stereocenters. The fourth-order valence-electron chi connectivity index (χ4n) is 3.47. The van der Waals surface area contributed by atoms with E-state index in [1.165, 1.54) is 41.5 Å². The maximum Gasteiger partial charge on any atom is 0.222 e. The maximum absolute atomic E-state index is 12.3. The Morgan fingerprint density at radius 3 is 2.71 bits per heavy atom. The molecule has 0 fully saturated rings. The van der Waals surface area contributed by atoms with Crippen molar-refractivity contribution in [3.05, 3.63) is 51.8 Å². The van der Waals surface area contributed by atoms with Gasteiger partial charge in [-0.25, -0.2) is 0 Å². The lowest BCUT2D eigenvalue weighted by Gasteiger charge is -2.16. The molecule has 0 radical (unpaired) electrons. The van der Waals surface area contributed by atoms with E-state index in [9.17, 15) is 4.79 Å². The third-order valence-corrected chi connectivity index (χ3v) is 5.29. The molecule has 4 heteroatoms. The van der Waals surface area contributed by atoms with Crippen molar-refractivity contribution in [3.63, 3.8) is 0 Å². The van der Waals surface area contributed by atoms with Crippen molar-refractivity contribution in [1.82, 2.24) is 15.1 Å². The largest absolute Gasteiger partial charge is 0.350 e. The summed E-state index contributed by atoms with van der Waals surface area (Å²) in [7, 11) is 0. The maximum atomic E-state index is 12.3. The van der Waals surface area contributed by atoms with Gasteiger partial charge in [-0.2, -0.15) is 5.10 Å². The van der Waals surface area contributed by atoms with Crippen LogP contribution in [0.5, 0.6) is 0 Å². The molecule has 4 nitrogen and oxygen atoms in total. The van der Waals surface area contributed by atoms with Gasteiger partial charge in [0.1, 0.15) is 0 Å². The summed E-state index contributed by atoms with van der Waals surface area (Å²) in [6, 6.07) is 6.68. The first kappa shape index (κ1) is 16.7. The Morgan fingerprint density at radius 2 is 2.00 bits per heavy atom. The number of aryl methyl sites for hydroxylation is 4. The van der Waals surface area contributed by atoms with Crippen LogP contribution in [0, 0.1) is 20.8 Å². The second kappa shape index (κ2) is 6.80. The second-order valence-electron chi connectivity index (χ2n) is 6.94. The highest BCUT2D eigenvalue weighted by molar-refractivity contribution is 5.76. The number of amides is 1. The van der Waals surface area contributed by atoms with Gasteiger partial charge in [0.05, 0.1) is 11.7 Å². The summed E-state index contributed by atoms with van der Waals surface area (Å²) < 4.78 is 1.93. The van der Waals surface area contributed by atoms with Crippen LogP contribution in [0.3, 0.4) is 0 Å². The molecule has 0 saturated carbocycles. The topological polar surface area (TPSA) is 46.9 Å².